The normalized spacial score (nSPS) is 13.2. The molecule has 0 aromatic heterocycles. The molecule has 0 aromatic carbocycles. The van der Waals surface area contributed by atoms with E-state index in [0.29, 0.717) is 19.3 Å². The Morgan fingerprint density at radius 2 is 0.527 bits per heavy atom. The van der Waals surface area contributed by atoms with Crippen LogP contribution in [0.5, 0.6) is 0 Å². The molecule has 0 bridgehead atoms. The molecule has 6 nitrogen and oxygen atoms in total. The molecule has 0 rings (SSSR count). The zero-order chi connectivity index (χ0) is 53.6. The lowest BCUT2D eigenvalue weighted by molar-refractivity contribution is -0.167. The molecule has 0 aliphatic carbocycles. The lowest BCUT2D eigenvalue weighted by Crippen LogP contribution is -2.30. The number of hydrogen-bond acceptors (Lipinski definition) is 6. The van der Waals surface area contributed by atoms with Gasteiger partial charge in [0.1, 0.15) is 13.2 Å². The number of hydrogen-bond donors (Lipinski definition) is 0. The van der Waals surface area contributed by atoms with Crippen molar-refractivity contribution in [3.8, 4) is 0 Å². The lowest BCUT2D eigenvalue weighted by atomic mass is 10.1. The molecule has 0 saturated heterocycles. The van der Waals surface area contributed by atoms with Crippen LogP contribution in [0.4, 0.5) is 0 Å². The number of allylic oxidation sites excluding steroid dienone is 24. The van der Waals surface area contributed by atoms with E-state index in [2.05, 4.69) is 167 Å². The number of rotatable bonds is 52. The largest absolute Gasteiger partial charge is 0.462 e. The third-order valence-corrected chi connectivity index (χ3v) is 12.1. The minimum atomic E-state index is -0.801. The molecule has 0 fully saturated rings. The summed E-state index contributed by atoms with van der Waals surface area (Å²) in [6.07, 6.45) is 87.1. The summed E-state index contributed by atoms with van der Waals surface area (Å²) in [5.74, 6) is -0.945. The summed E-state index contributed by atoms with van der Waals surface area (Å²) in [6, 6.07) is 0. The molecular formula is C68H108O6. The van der Waals surface area contributed by atoms with Crippen molar-refractivity contribution in [3.05, 3.63) is 146 Å². The first-order valence-electron chi connectivity index (χ1n) is 29.8. The van der Waals surface area contributed by atoms with Gasteiger partial charge in [-0.1, -0.05) is 250 Å². The second-order valence-electron chi connectivity index (χ2n) is 19.1. The first-order chi connectivity index (χ1) is 36.5. The van der Waals surface area contributed by atoms with Gasteiger partial charge in [0.05, 0.1) is 0 Å². The van der Waals surface area contributed by atoms with Crippen molar-refractivity contribution in [2.45, 2.75) is 252 Å². The summed E-state index contributed by atoms with van der Waals surface area (Å²) in [4.78, 5) is 38.1. The maximum atomic E-state index is 12.8. The van der Waals surface area contributed by atoms with E-state index in [9.17, 15) is 14.4 Å². The lowest BCUT2D eigenvalue weighted by Gasteiger charge is -2.18. The third-order valence-electron chi connectivity index (χ3n) is 12.1. The van der Waals surface area contributed by atoms with Crippen molar-refractivity contribution < 1.29 is 28.6 Å². The van der Waals surface area contributed by atoms with E-state index in [0.717, 1.165) is 173 Å². The molecule has 0 amide bonds. The van der Waals surface area contributed by atoms with Crippen LogP contribution in [0.25, 0.3) is 0 Å². The number of carbonyl (C=O) groups excluding carboxylic acids is 3. The van der Waals surface area contributed by atoms with Crippen molar-refractivity contribution in [1.82, 2.24) is 0 Å². The van der Waals surface area contributed by atoms with Gasteiger partial charge in [0.25, 0.3) is 0 Å². The van der Waals surface area contributed by atoms with Crippen molar-refractivity contribution in [2.24, 2.45) is 0 Å². The Morgan fingerprint density at radius 1 is 0.284 bits per heavy atom. The van der Waals surface area contributed by atoms with Crippen molar-refractivity contribution in [1.29, 1.82) is 0 Å². The van der Waals surface area contributed by atoms with Crippen LogP contribution in [-0.4, -0.2) is 37.2 Å². The molecule has 1 unspecified atom stereocenters. The van der Waals surface area contributed by atoms with Crippen LogP contribution in [-0.2, 0) is 28.6 Å². The first kappa shape index (κ1) is 69.3. The molecular weight excluding hydrogens is 913 g/mol. The molecule has 0 aliphatic heterocycles. The number of esters is 3. The molecule has 0 radical (unpaired) electrons. The highest BCUT2D eigenvalue weighted by molar-refractivity contribution is 5.71. The molecule has 74 heavy (non-hydrogen) atoms. The van der Waals surface area contributed by atoms with Gasteiger partial charge in [0, 0.05) is 19.3 Å². The van der Waals surface area contributed by atoms with Crippen molar-refractivity contribution in [2.75, 3.05) is 13.2 Å². The van der Waals surface area contributed by atoms with E-state index in [1.807, 2.05) is 0 Å². The number of unbranched alkanes of at least 4 members (excludes halogenated alkanes) is 17. The summed E-state index contributed by atoms with van der Waals surface area (Å²) >= 11 is 0. The van der Waals surface area contributed by atoms with E-state index in [1.165, 1.54) is 32.1 Å². The van der Waals surface area contributed by atoms with Crippen LogP contribution >= 0.6 is 0 Å². The van der Waals surface area contributed by atoms with Gasteiger partial charge in [-0.25, -0.2) is 0 Å². The Labute approximate surface area is 455 Å². The number of ether oxygens (including phenoxy) is 3. The van der Waals surface area contributed by atoms with Gasteiger partial charge in [-0.05, 0) is 122 Å². The van der Waals surface area contributed by atoms with Gasteiger partial charge in [-0.15, -0.1) is 0 Å². The minimum Gasteiger partial charge on any atom is -0.462 e. The highest BCUT2D eigenvalue weighted by Gasteiger charge is 2.19. The number of carbonyl (C=O) groups is 3. The zero-order valence-electron chi connectivity index (χ0n) is 47.5. The van der Waals surface area contributed by atoms with E-state index >= 15 is 0 Å². The molecule has 0 spiro atoms. The molecule has 0 heterocycles. The molecule has 0 saturated carbocycles. The molecule has 0 N–H and O–H groups in total. The fourth-order valence-electron chi connectivity index (χ4n) is 7.68. The minimum absolute atomic E-state index is 0.0967. The van der Waals surface area contributed by atoms with Crippen LogP contribution < -0.4 is 0 Å². The first-order valence-corrected chi connectivity index (χ1v) is 29.8. The van der Waals surface area contributed by atoms with E-state index in [-0.39, 0.29) is 31.1 Å². The fraction of sp³-hybridized carbons (Fsp3) is 0.603. The smallest absolute Gasteiger partial charge is 0.306 e. The van der Waals surface area contributed by atoms with Gasteiger partial charge in [-0.3, -0.25) is 14.4 Å². The summed E-state index contributed by atoms with van der Waals surface area (Å²) in [5, 5.41) is 0. The monoisotopic (exact) mass is 1020 g/mol. The standard InChI is InChI=1S/C68H108O6/c1-4-7-10-13-16-19-21-23-25-27-29-31-32-33-34-35-36-38-39-41-43-45-47-49-52-55-58-61-67(70)73-64-65(63-72-66(69)60-57-54-51-18-15-12-9-6-3)74-68(71)62-59-56-53-50-48-46-44-42-40-37-30-28-26-24-22-20-17-14-11-8-5-2/h7-8,10-11,16-17,19-20,23-26,29-31,33-34,36-38,41-44,65H,4-6,9,12-15,18,21-22,27-28,32,35,39-40,45-64H2,1-3H3/b10-7-,11-8-,19-16-,20-17-,25-23-,26-24-,31-29-,34-33-,37-30-,38-36-,43-41-,44-42-. The summed E-state index contributed by atoms with van der Waals surface area (Å²) < 4.78 is 16.8. The zero-order valence-corrected chi connectivity index (χ0v) is 47.5. The Balaban J connectivity index is 4.34. The average Bonchev–Trinajstić information content (AvgIpc) is 3.40. The molecule has 416 valence electrons. The SMILES string of the molecule is CC/C=C\C/C=C\C/C=C\C/C=C\C/C=C\C/C=C\C/C=C\CCCCCCCC(=O)OCC(COC(=O)CCCCCCCCCC)OC(=O)CCCCCCC/C=C\C/C=C\C/C=C\C/C=C\C/C=C\CC. The van der Waals surface area contributed by atoms with Crippen LogP contribution in [0.2, 0.25) is 0 Å². The molecule has 0 aromatic rings. The van der Waals surface area contributed by atoms with Crippen LogP contribution in [0.1, 0.15) is 245 Å². The molecule has 6 heteroatoms. The van der Waals surface area contributed by atoms with Gasteiger partial charge >= 0.3 is 17.9 Å². The van der Waals surface area contributed by atoms with Gasteiger partial charge in [-0.2, -0.15) is 0 Å². The van der Waals surface area contributed by atoms with E-state index in [1.54, 1.807) is 0 Å². The predicted octanol–water partition coefficient (Wildman–Crippen LogP) is 20.4. The predicted molar refractivity (Wildman–Crippen MR) is 320 cm³/mol. The quantitative estimate of drug-likeness (QED) is 0.0261. The Morgan fingerprint density at radius 3 is 0.824 bits per heavy atom. The fourth-order valence-corrected chi connectivity index (χ4v) is 7.68. The second-order valence-corrected chi connectivity index (χ2v) is 19.1. The summed E-state index contributed by atoms with van der Waals surface area (Å²) in [5.41, 5.74) is 0. The second kappa shape index (κ2) is 60.8. The Kier molecular flexibility index (Phi) is 57.0. The topological polar surface area (TPSA) is 78.9 Å². The summed E-state index contributed by atoms with van der Waals surface area (Å²) in [7, 11) is 0. The Hall–Kier alpha value is -4.71. The maximum Gasteiger partial charge on any atom is 0.306 e. The van der Waals surface area contributed by atoms with Crippen LogP contribution in [0.3, 0.4) is 0 Å². The van der Waals surface area contributed by atoms with Crippen LogP contribution in [0.15, 0.2) is 146 Å². The van der Waals surface area contributed by atoms with Gasteiger partial charge in [0.2, 0.25) is 0 Å². The van der Waals surface area contributed by atoms with Crippen molar-refractivity contribution >= 4 is 17.9 Å². The van der Waals surface area contributed by atoms with E-state index < -0.39 is 6.10 Å². The van der Waals surface area contributed by atoms with E-state index in [4.69, 9.17) is 14.2 Å². The third kappa shape index (κ3) is 58.2. The Bertz CT molecular complexity index is 1640. The van der Waals surface area contributed by atoms with Crippen molar-refractivity contribution in [3.63, 3.8) is 0 Å². The highest BCUT2D eigenvalue weighted by atomic mass is 16.6. The summed E-state index contributed by atoms with van der Waals surface area (Å²) in [6.45, 7) is 6.34. The average molecular weight is 1020 g/mol. The van der Waals surface area contributed by atoms with Gasteiger partial charge in [0.15, 0.2) is 6.10 Å². The highest BCUT2D eigenvalue weighted by Crippen LogP contribution is 2.14. The van der Waals surface area contributed by atoms with Crippen LogP contribution in [0, 0.1) is 0 Å². The maximum absolute atomic E-state index is 12.8. The van der Waals surface area contributed by atoms with Gasteiger partial charge < -0.3 is 14.2 Å². The molecule has 0 aliphatic rings. The molecule has 1 atom stereocenters.